The third-order valence-electron chi connectivity index (χ3n) is 3.32. The Bertz CT molecular complexity index is 722. The number of rotatable bonds is 5. The summed E-state index contributed by atoms with van der Waals surface area (Å²) < 4.78 is 5.75. The first-order valence-electron chi connectivity index (χ1n) is 6.96. The van der Waals surface area contributed by atoms with E-state index in [1.54, 1.807) is 6.07 Å². The Morgan fingerprint density at radius 1 is 1.14 bits per heavy atom. The zero-order valence-electron chi connectivity index (χ0n) is 12.7. The molecule has 0 saturated heterocycles. The van der Waals surface area contributed by atoms with Crippen molar-refractivity contribution in [1.29, 1.82) is 0 Å². The van der Waals surface area contributed by atoms with Crippen molar-refractivity contribution in [2.45, 2.75) is 26.7 Å². The van der Waals surface area contributed by atoms with Gasteiger partial charge in [-0.25, -0.2) is 0 Å². The van der Waals surface area contributed by atoms with Gasteiger partial charge >= 0.3 is 5.69 Å². The molecule has 0 atom stereocenters. The molecule has 2 rings (SSSR count). The lowest BCUT2D eigenvalue weighted by Crippen LogP contribution is -1.99. The Balaban J connectivity index is 2.46. The number of carbonyl (C=O) groups excluding carboxylic acids is 1. The van der Waals surface area contributed by atoms with Crippen LogP contribution in [0.25, 0.3) is 0 Å². The van der Waals surface area contributed by atoms with Crippen LogP contribution in [-0.4, -0.2) is 10.7 Å². The van der Waals surface area contributed by atoms with E-state index < -0.39 is 4.92 Å². The highest BCUT2D eigenvalue weighted by Crippen LogP contribution is 2.35. The number of nitro groups is 1. The number of hydrogen-bond acceptors (Lipinski definition) is 4. The van der Waals surface area contributed by atoms with Gasteiger partial charge in [0.05, 0.1) is 4.92 Å². The van der Waals surface area contributed by atoms with Crippen LogP contribution in [0.1, 0.15) is 42.6 Å². The number of ether oxygens (including phenoxy) is 1. The summed E-state index contributed by atoms with van der Waals surface area (Å²) in [5, 5.41) is 11.2. The molecule has 0 aliphatic rings. The largest absolute Gasteiger partial charge is 0.450 e. The van der Waals surface area contributed by atoms with Crippen molar-refractivity contribution >= 4 is 11.5 Å². The highest BCUT2D eigenvalue weighted by molar-refractivity contribution is 5.95. The maximum Gasteiger partial charge on any atom is 0.312 e. The standard InChI is InChI=1S/C17H17NO4/c1-11(2)14-6-4-5-7-16(14)22-17-9-8-13(12(3)19)10-15(17)18(20)21/h4-11H,1-3H3. The maximum absolute atomic E-state index is 11.4. The van der Waals surface area contributed by atoms with Crippen LogP contribution < -0.4 is 4.74 Å². The second kappa shape index (κ2) is 6.39. The van der Waals surface area contributed by atoms with Crippen molar-refractivity contribution in [2.24, 2.45) is 0 Å². The first-order chi connectivity index (χ1) is 10.4. The molecule has 0 unspecified atom stereocenters. The van der Waals surface area contributed by atoms with Gasteiger partial charge in [-0.15, -0.1) is 0 Å². The molecule has 5 heteroatoms. The average molecular weight is 299 g/mol. The molecule has 114 valence electrons. The van der Waals surface area contributed by atoms with Crippen molar-refractivity contribution in [3.8, 4) is 11.5 Å². The van der Waals surface area contributed by atoms with Gasteiger partial charge in [0.25, 0.3) is 0 Å². The number of nitro benzene ring substituents is 1. The minimum Gasteiger partial charge on any atom is -0.450 e. The molecule has 0 amide bonds. The van der Waals surface area contributed by atoms with Gasteiger partial charge in [-0.05, 0) is 36.6 Å². The van der Waals surface area contributed by atoms with E-state index in [9.17, 15) is 14.9 Å². The molecule has 0 N–H and O–H groups in total. The summed E-state index contributed by atoms with van der Waals surface area (Å²) in [7, 11) is 0. The van der Waals surface area contributed by atoms with E-state index in [1.165, 1.54) is 25.1 Å². The molecule has 0 fully saturated rings. The fraction of sp³-hybridized carbons (Fsp3) is 0.235. The van der Waals surface area contributed by atoms with Gasteiger partial charge in [0.2, 0.25) is 5.75 Å². The van der Waals surface area contributed by atoms with E-state index in [0.29, 0.717) is 5.75 Å². The van der Waals surface area contributed by atoms with Gasteiger partial charge in [-0.2, -0.15) is 0 Å². The molecule has 0 heterocycles. The van der Waals surface area contributed by atoms with E-state index in [4.69, 9.17) is 4.74 Å². The smallest absolute Gasteiger partial charge is 0.312 e. The van der Waals surface area contributed by atoms with Gasteiger partial charge < -0.3 is 4.74 Å². The fourth-order valence-corrected chi connectivity index (χ4v) is 2.13. The minimum atomic E-state index is -0.542. The van der Waals surface area contributed by atoms with Crippen LogP contribution in [-0.2, 0) is 0 Å². The van der Waals surface area contributed by atoms with E-state index in [-0.39, 0.29) is 28.7 Å². The zero-order valence-corrected chi connectivity index (χ0v) is 12.7. The molecule has 2 aromatic carbocycles. The van der Waals surface area contributed by atoms with Crippen molar-refractivity contribution in [2.75, 3.05) is 0 Å². The van der Waals surface area contributed by atoms with Gasteiger partial charge in [0.1, 0.15) is 5.75 Å². The van der Waals surface area contributed by atoms with Crippen LogP contribution in [0.4, 0.5) is 5.69 Å². The molecule has 0 spiro atoms. The lowest BCUT2D eigenvalue weighted by Gasteiger charge is -2.13. The summed E-state index contributed by atoms with van der Waals surface area (Å²) >= 11 is 0. The average Bonchev–Trinajstić information content (AvgIpc) is 2.47. The summed E-state index contributed by atoms with van der Waals surface area (Å²) in [5.74, 6) is 0.711. The van der Waals surface area contributed by atoms with E-state index in [2.05, 4.69) is 0 Å². The number of carbonyl (C=O) groups is 1. The predicted molar refractivity (Wildman–Crippen MR) is 83.7 cm³/mol. The van der Waals surface area contributed by atoms with E-state index in [0.717, 1.165) is 5.56 Å². The fourth-order valence-electron chi connectivity index (χ4n) is 2.13. The lowest BCUT2D eigenvalue weighted by molar-refractivity contribution is -0.385. The Hall–Kier alpha value is -2.69. The van der Waals surface area contributed by atoms with Crippen molar-refractivity contribution < 1.29 is 14.5 Å². The molecule has 5 nitrogen and oxygen atoms in total. The molecule has 0 aromatic heterocycles. The second-order valence-corrected chi connectivity index (χ2v) is 5.29. The highest BCUT2D eigenvalue weighted by Gasteiger charge is 2.19. The maximum atomic E-state index is 11.4. The molecule has 0 saturated carbocycles. The van der Waals surface area contributed by atoms with Crippen molar-refractivity contribution in [3.05, 3.63) is 63.7 Å². The van der Waals surface area contributed by atoms with Crippen LogP contribution >= 0.6 is 0 Å². The lowest BCUT2D eigenvalue weighted by atomic mass is 10.0. The third kappa shape index (κ3) is 3.31. The number of Topliss-reactive ketones (excluding diaryl/α,β-unsaturated/α-hetero) is 1. The van der Waals surface area contributed by atoms with Crippen molar-refractivity contribution in [1.82, 2.24) is 0 Å². The highest BCUT2D eigenvalue weighted by atomic mass is 16.6. The Kier molecular flexibility index (Phi) is 4.56. The molecule has 0 aliphatic carbocycles. The van der Waals surface area contributed by atoms with Gasteiger partial charge in [0.15, 0.2) is 5.78 Å². The summed E-state index contributed by atoms with van der Waals surface area (Å²) in [5.41, 5.74) is 1.04. The summed E-state index contributed by atoms with van der Waals surface area (Å²) in [6, 6.07) is 11.7. The zero-order chi connectivity index (χ0) is 16.3. The normalized spacial score (nSPS) is 10.5. The number of ketones is 1. The van der Waals surface area contributed by atoms with Gasteiger partial charge in [-0.3, -0.25) is 14.9 Å². The van der Waals surface area contributed by atoms with E-state index in [1.807, 2.05) is 32.0 Å². The molecule has 0 aliphatic heterocycles. The second-order valence-electron chi connectivity index (χ2n) is 5.29. The number of benzene rings is 2. The first-order valence-corrected chi connectivity index (χ1v) is 6.96. The van der Waals surface area contributed by atoms with Gasteiger partial charge in [-0.1, -0.05) is 32.0 Å². The van der Waals surface area contributed by atoms with Crippen LogP contribution in [0.15, 0.2) is 42.5 Å². The Labute approximate surface area is 128 Å². The van der Waals surface area contributed by atoms with Crippen LogP contribution in [0.2, 0.25) is 0 Å². The Morgan fingerprint density at radius 3 is 2.41 bits per heavy atom. The first kappa shape index (κ1) is 15.7. The number of para-hydroxylation sites is 1. The molecular weight excluding hydrogens is 282 g/mol. The van der Waals surface area contributed by atoms with Crippen LogP contribution in [0.5, 0.6) is 11.5 Å². The minimum absolute atomic E-state index is 0.128. The summed E-state index contributed by atoms with van der Waals surface area (Å²) in [6.07, 6.45) is 0. The summed E-state index contributed by atoms with van der Waals surface area (Å²) in [4.78, 5) is 22.0. The topological polar surface area (TPSA) is 69.4 Å². The molecule has 0 radical (unpaired) electrons. The SMILES string of the molecule is CC(=O)c1ccc(Oc2ccccc2C(C)C)c([N+](=O)[O-])c1. The molecule has 2 aromatic rings. The molecular formula is C17H17NO4. The van der Waals surface area contributed by atoms with E-state index >= 15 is 0 Å². The summed E-state index contributed by atoms with van der Waals surface area (Å²) in [6.45, 7) is 5.42. The Morgan fingerprint density at radius 2 is 1.82 bits per heavy atom. The quantitative estimate of drug-likeness (QED) is 0.455. The molecule has 22 heavy (non-hydrogen) atoms. The van der Waals surface area contributed by atoms with Crippen LogP contribution in [0, 0.1) is 10.1 Å². The van der Waals surface area contributed by atoms with Gasteiger partial charge in [0, 0.05) is 11.6 Å². The third-order valence-corrected chi connectivity index (χ3v) is 3.32. The predicted octanol–water partition coefficient (Wildman–Crippen LogP) is 4.71. The van der Waals surface area contributed by atoms with Crippen LogP contribution in [0.3, 0.4) is 0 Å². The molecule has 0 bridgehead atoms. The monoisotopic (exact) mass is 299 g/mol. The number of nitrogens with zero attached hydrogens (tertiary/aromatic N) is 1. The number of hydrogen-bond donors (Lipinski definition) is 0. The van der Waals surface area contributed by atoms with Crippen molar-refractivity contribution in [3.63, 3.8) is 0 Å².